The highest BCUT2D eigenvalue weighted by atomic mass is 79.9. The first kappa shape index (κ1) is 16.3. The normalized spacial score (nSPS) is 10.3. The standard InChI is InChI=1S/C16H15BrO5/c1-10-14(16(19)20-2)8-13(22-10)9-21-15(18)7-11-3-5-12(17)6-4-11/h3-6,8H,7,9H2,1-2H3. The molecule has 2 rings (SSSR count). The van der Waals surface area contributed by atoms with Crippen molar-refractivity contribution in [1.29, 1.82) is 0 Å². The second-order valence-corrected chi connectivity index (χ2v) is 5.55. The molecule has 0 saturated heterocycles. The van der Waals surface area contributed by atoms with Crippen LogP contribution in [0, 0.1) is 6.92 Å². The molecule has 0 N–H and O–H groups in total. The van der Waals surface area contributed by atoms with Gasteiger partial charge in [0.25, 0.3) is 0 Å². The van der Waals surface area contributed by atoms with E-state index in [4.69, 9.17) is 9.15 Å². The van der Waals surface area contributed by atoms with Gasteiger partial charge in [-0.25, -0.2) is 4.79 Å². The molecule has 0 saturated carbocycles. The zero-order valence-electron chi connectivity index (χ0n) is 12.2. The van der Waals surface area contributed by atoms with Crippen LogP contribution < -0.4 is 0 Å². The van der Waals surface area contributed by atoms with E-state index < -0.39 is 5.97 Å². The van der Waals surface area contributed by atoms with Crippen LogP contribution in [-0.4, -0.2) is 19.0 Å². The average molecular weight is 367 g/mol. The van der Waals surface area contributed by atoms with E-state index in [-0.39, 0.29) is 19.0 Å². The lowest BCUT2D eigenvalue weighted by molar-refractivity contribution is -0.144. The summed E-state index contributed by atoms with van der Waals surface area (Å²) in [5.41, 5.74) is 1.19. The van der Waals surface area contributed by atoms with Crippen LogP contribution in [0.25, 0.3) is 0 Å². The summed E-state index contributed by atoms with van der Waals surface area (Å²) in [5, 5.41) is 0. The van der Waals surface area contributed by atoms with Gasteiger partial charge in [0, 0.05) is 4.47 Å². The predicted molar refractivity (Wildman–Crippen MR) is 82.4 cm³/mol. The van der Waals surface area contributed by atoms with Gasteiger partial charge in [-0.05, 0) is 30.7 Å². The fraction of sp³-hybridized carbons (Fsp3) is 0.250. The van der Waals surface area contributed by atoms with E-state index in [1.54, 1.807) is 6.92 Å². The first-order valence-electron chi connectivity index (χ1n) is 6.57. The maximum atomic E-state index is 11.8. The van der Waals surface area contributed by atoms with E-state index >= 15 is 0 Å². The Kier molecular flexibility index (Phi) is 5.38. The lowest BCUT2D eigenvalue weighted by Gasteiger charge is -2.03. The smallest absolute Gasteiger partial charge is 0.341 e. The van der Waals surface area contributed by atoms with Crippen molar-refractivity contribution >= 4 is 27.9 Å². The van der Waals surface area contributed by atoms with Gasteiger partial charge in [-0.1, -0.05) is 28.1 Å². The number of aryl methyl sites for hydroxylation is 1. The molecule has 5 nitrogen and oxygen atoms in total. The van der Waals surface area contributed by atoms with E-state index in [2.05, 4.69) is 20.7 Å². The minimum absolute atomic E-state index is 0.0206. The van der Waals surface area contributed by atoms with E-state index in [1.807, 2.05) is 24.3 Å². The maximum Gasteiger partial charge on any atom is 0.341 e. The van der Waals surface area contributed by atoms with Crippen molar-refractivity contribution in [2.75, 3.05) is 7.11 Å². The number of hydrogen-bond acceptors (Lipinski definition) is 5. The molecule has 22 heavy (non-hydrogen) atoms. The van der Waals surface area contributed by atoms with Crippen molar-refractivity contribution in [3.8, 4) is 0 Å². The van der Waals surface area contributed by atoms with Crippen molar-refractivity contribution < 1.29 is 23.5 Å². The number of methoxy groups -OCH3 is 1. The zero-order chi connectivity index (χ0) is 16.1. The third-order valence-corrected chi connectivity index (χ3v) is 3.54. The van der Waals surface area contributed by atoms with Crippen LogP contribution in [0.3, 0.4) is 0 Å². The minimum Gasteiger partial charge on any atom is -0.465 e. The highest BCUT2D eigenvalue weighted by Crippen LogP contribution is 2.17. The number of carbonyl (C=O) groups excluding carboxylic acids is 2. The van der Waals surface area contributed by atoms with Crippen LogP contribution in [0.5, 0.6) is 0 Å². The summed E-state index contributed by atoms with van der Waals surface area (Å²) in [5.74, 6) is -0.00227. The summed E-state index contributed by atoms with van der Waals surface area (Å²) in [6.45, 7) is 1.63. The number of furan rings is 1. The van der Waals surface area contributed by atoms with E-state index in [9.17, 15) is 9.59 Å². The molecule has 1 heterocycles. The third kappa shape index (κ3) is 4.21. The van der Waals surface area contributed by atoms with Crippen molar-refractivity contribution in [2.24, 2.45) is 0 Å². The molecule has 0 aliphatic carbocycles. The molecular weight excluding hydrogens is 352 g/mol. The Labute approximate surface area is 136 Å². The van der Waals surface area contributed by atoms with Crippen molar-refractivity contribution in [1.82, 2.24) is 0 Å². The number of ether oxygens (including phenoxy) is 2. The molecule has 0 bridgehead atoms. The Hall–Kier alpha value is -2.08. The zero-order valence-corrected chi connectivity index (χ0v) is 13.8. The summed E-state index contributed by atoms with van der Waals surface area (Å²) in [6, 6.07) is 8.94. The number of esters is 2. The highest BCUT2D eigenvalue weighted by molar-refractivity contribution is 9.10. The number of halogens is 1. The second kappa shape index (κ2) is 7.26. The van der Waals surface area contributed by atoms with Gasteiger partial charge < -0.3 is 13.9 Å². The van der Waals surface area contributed by atoms with Gasteiger partial charge in [-0.15, -0.1) is 0 Å². The Morgan fingerprint density at radius 3 is 2.55 bits per heavy atom. The van der Waals surface area contributed by atoms with Crippen molar-refractivity contribution in [3.05, 3.63) is 57.5 Å². The van der Waals surface area contributed by atoms with E-state index in [0.29, 0.717) is 17.1 Å². The summed E-state index contributed by atoms with van der Waals surface area (Å²) in [4.78, 5) is 23.2. The number of carbonyl (C=O) groups is 2. The average Bonchev–Trinajstić information content (AvgIpc) is 2.88. The molecule has 1 aromatic carbocycles. The maximum absolute atomic E-state index is 11.8. The van der Waals surface area contributed by atoms with Crippen LogP contribution in [-0.2, 0) is 27.3 Å². The fourth-order valence-corrected chi connectivity index (χ4v) is 2.16. The molecule has 116 valence electrons. The third-order valence-electron chi connectivity index (χ3n) is 3.01. The highest BCUT2D eigenvalue weighted by Gasteiger charge is 2.16. The van der Waals surface area contributed by atoms with Crippen molar-refractivity contribution in [2.45, 2.75) is 20.0 Å². The van der Waals surface area contributed by atoms with Gasteiger partial charge in [-0.2, -0.15) is 0 Å². The number of rotatable bonds is 5. The van der Waals surface area contributed by atoms with Crippen molar-refractivity contribution in [3.63, 3.8) is 0 Å². The molecule has 2 aromatic rings. The van der Waals surface area contributed by atoms with Gasteiger partial charge in [0.2, 0.25) is 0 Å². The van der Waals surface area contributed by atoms with Gasteiger partial charge in [0.1, 0.15) is 23.7 Å². The summed E-state index contributed by atoms with van der Waals surface area (Å²) in [6.07, 6.45) is 0.177. The van der Waals surface area contributed by atoms with Crippen LogP contribution in [0.15, 0.2) is 39.2 Å². The molecule has 0 radical (unpaired) electrons. The van der Waals surface area contributed by atoms with Gasteiger partial charge in [0.05, 0.1) is 13.5 Å². The van der Waals surface area contributed by atoms with Gasteiger partial charge >= 0.3 is 11.9 Å². The minimum atomic E-state index is -0.478. The molecule has 0 fully saturated rings. The predicted octanol–water partition coefficient (Wildman–Crippen LogP) is 3.42. The molecule has 6 heteroatoms. The van der Waals surface area contributed by atoms with Gasteiger partial charge in [-0.3, -0.25) is 4.79 Å². The molecule has 0 atom stereocenters. The Balaban J connectivity index is 1.91. The summed E-state index contributed by atoms with van der Waals surface area (Å²) >= 11 is 3.33. The number of hydrogen-bond donors (Lipinski definition) is 0. The molecule has 0 aliphatic heterocycles. The second-order valence-electron chi connectivity index (χ2n) is 4.64. The molecule has 0 amide bonds. The Morgan fingerprint density at radius 1 is 1.23 bits per heavy atom. The Bertz CT molecular complexity index is 672. The lowest BCUT2D eigenvalue weighted by Crippen LogP contribution is -2.07. The van der Waals surface area contributed by atoms with Crippen LogP contribution in [0.1, 0.15) is 27.4 Å². The van der Waals surface area contributed by atoms with E-state index in [1.165, 1.54) is 13.2 Å². The molecule has 0 unspecified atom stereocenters. The first-order chi connectivity index (χ1) is 10.5. The molecule has 0 aliphatic rings. The van der Waals surface area contributed by atoms with Crippen LogP contribution >= 0.6 is 15.9 Å². The molecule has 1 aromatic heterocycles. The molecular formula is C16H15BrO5. The summed E-state index contributed by atoms with van der Waals surface area (Å²) in [7, 11) is 1.30. The first-order valence-corrected chi connectivity index (χ1v) is 7.36. The largest absolute Gasteiger partial charge is 0.465 e. The van der Waals surface area contributed by atoms with Crippen LogP contribution in [0.4, 0.5) is 0 Å². The lowest BCUT2D eigenvalue weighted by atomic mass is 10.2. The van der Waals surface area contributed by atoms with Gasteiger partial charge in [0.15, 0.2) is 0 Å². The SMILES string of the molecule is COC(=O)c1cc(COC(=O)Cc2ccc(Br)cc2)oc1C. The van der Waals surface area contributed by atoms with Crippen LogP contribution in [0.2, 0.25) is 0 Å². The topological polar surface area (TPSA) is 65.7 Å². The molecule has 0 spiro atoms. The summed E-state index contributed by atoms with van der Waals surface area (Å²) < 4.78 is 16.1. The Morgan fingerprint density at radius 2 is 1.91 bits per heavy atom. The number of benzene rings is 1. The van der Waals surface area contributed by atoms with E-state index in [0.717, 1.165) is 10.0 Å². The quantitative estimate of drug-likeness (QED) is 0.758. The monoisotopic (exact) mass is 366 g/mol. The fourth-order valence-electron chi connectivity index (χ4n) is 1.90.